The Hall–Kier alpha value is -1.83. The summed E-state index contributed by atoms with van der Waals surface area (Å²) in [6.07, 6.45) is -0.733. The molecule has 8 nitrogen and oxygen atoms in total. The first-order chi connectivity index (χ1) is 7.95. The molecule has 17 heavy (non-hydrogen) atoms. The van der Waals surface area contributed by atoms with Crippen LogP contribution in [-0.4, -0.2) is 49.3 Å². The highest BCUT2D eigenvalue weighted by atomic mass is 16.5. The summed E-state index contributed by atoms with van der Waals surface area (Å²) in [6, 6.07) is -0.501. The molecular weight excluding hydrogens is 230 g/mol. The second-order valence-corrected chi connectivity index (χ2v) is 3.31. The first-order valence-corrected chi connectivity index (χ1v) is 5.00. The molecule has 1 atom stereocenters. The number of carbonyl (C=O) groups excluding carboxylic acids is 2. The van der Waals surface area contributed by atoms with E-state index in [1.807, 2.05) is 0 Å². The Morgan fingerprint density at radius 1 is 1.35 bits per heavy atom. The van der Waals surface area contributed by atoms with Gasteiger partial charge in [-0.15, -0.1) is 0 Å². The third-order valence-electron chi connectivity index (χ3n) is 1.88. The topological polar surface area (TPSA) is 131 Å². The summed E-state index contributed by atoms with van der Waals surface area (Å²) < 4.78 is 4.86. The highest BCUT2D eigenvalue weighted by molar-refractivity contribution is 5.77. The Balaban J connectivity index is 3.73. The molecule has 0 aliphatic rings. The van der Waals surface area contributed by atoms with E-state index in [-0.39, 0.29) is 25.9 Å². The molecular formula is C9H17N3O5. The van der Waals surface area contributed by atoms with Crippen molar-refractivity contribution < 1.29 is 24.2 Å². The zero-order valence-electron chi connectivity index (χ0n) is 9.56. The van der Waals surface area contributed by atoms with Gasteiger partial charge in [-0.3, -0.25) is 9.59 Å². The number of nitrogens with one attached hydrogen (secondary N) is 2. The Morgan fingerprint density at radius 3 is 2.47 bits per heavy atom. The Morgan fingerprint density at radius 2 is 2.00 bits per heavy atom. The van der Waals surface area contributed by atoms with Crippen LogP contribution in [-0.2, 0) is 14.3 Å². The van der Waals surface area contributed by atoms with Gasteiger partial charge in [0.05, 0.1) is 12.5 Å². The van der Waals surface area contributed by atoms with E-state index in [1.165, 1.54) is 7.11 Å². The van der Waals surface area contributed by atoms with Crippen LogP contribution in [0.15, 0.2) is 0 Å². The molecule has 0 aromatic carbocycles. The van der Waals surface area contributed by atoms with Gasteiger partial charge in [-0.05, 0) is 0 Å². The molecule has 1 unspecified atom stereocenters. The second kappa shape index (κ2) is 8.34. The largest absolute Gasteiger partial charge is 0.481 e. The molecule has 8 heteroatoms. The van der Waals surface area contributed by atoms with E-state index in [0.717, 1.165) is 0 Å². The summed E-state index contributed by atoms with van der Waals surface area (Å²) in [5, 5.41) is 13.3. The summed E-state index contributed by atoms with van der Waals surface area (Å²) in [7, 11) is 1.36. The standard InChI is InChI=1S/C9H17N3O5/c1-17-6(4-8(14)15)5-12-9(16)11-3-2-7(10)13/h6H,2-5H2,1H3,(H2,10,13)(H,14,15)(H2,11,12,16). The number of rotatable bonds is 8. The van der Waals surface area contributed by atoms with Crippen LogP contribution in [0.1, 0.15) is 12.8 Å². The summed E-state index contributed by atoms with van der Waals surface area (Å²) in [4.78, 5) is 31.9. The predicted octanol–water partition coefficient (Wildman–Crippen LogP) is -1.35. The molecule has 0 aromatic rings. The smallest absolute Gasteiger partial charge is 0.314 e. The van der Waals surface area contributed by atoms with Crippen LogP contribution < -0.4 is 16.4 Å². The summed E-state index contributed by atoms with van der Waals surface area (Å²) in [5.41, 5.74) is 4.88. The van der Waals surface area contributed by atoms with Gasteiger partial charge < -0.3 is 26.2 Å². The number of hydrogen-bond donors (Lipinski definition) is 4. The average molecular weight is 247 g/mol. The number of carboxylic acid groups (broad SMARTS) is 1. The van der Waals surface area contributed by atoms with Crippen molar-refractivity contribution in [3.05, 3.63) is 0 Å². The summed E-state index contributed by atoms with van der Waals surface area (Å²) in [6.45, 7) is 0.211. The maximum atomic E-state index is 11.2. The zero-order chi connectivity index (χ0) is 13.3. The lowest BCUT2D eigenvalue weighted by Gasteiger charge is -2.14. The van der Waals surface area contributed by atoms with Gasteiger partial charge in [-0.25, -0.2) is 4.79 Å². The van der Waals surface area contributed by atoms with E-state index in [0.29, 0.717) is 0 Å². The molecule has 3 amide bonds. The maximum absolute atomic E-state index is 11.2. The highest BCUT2D eigenvalue weighted by Gasteiger charge is 2.13. The van der Waals surface area contributed by atoms with Crippen LogP contribution in [0.25, 0.3) is 0 Å². The molecule has 0 aliphatic heterocycles. The molecule has 0 heterocycles. The van der Waals surface area contributed by atoms with Crippen LogP contribution in [0.2, 0.25) is 0 Å². The molecule has 98 valence electrons. The maximum Gasteiger partial charge on any atom is 0.314 e. The van der Waals surface area contributed by atoms with Crippen molar-refractivity contribution in [3.8, 4) is 0 Å². The fraction of sp³-hybridized carbons (Fsp3) is 0.667. The minimum absolute atomic E-state index is 0.0518. The minimum atomic E-state index is -1.01. The molecule has 0 spiro atoms. The van der Waals surface area contributed by atoms with E-state index in [2.05, 4.69) is 10.6 Å². The van der Waals surface area contributed by atoms with E-state index >= 15 is 0 Å². The van der Waals surface area contributed by atoms with E-state index < -0.39 is 24.0 Å². The summed E-state index contributed by atoms with van der Waals surface area (Å²) in [5.74, 6) is -1.52. The lowest BCUT2D eigenvalue weighted by molar-refractivity contribution is -0.139. The average Bonchev–Trinajstić information content (AvgIpc) is 2.23. The Labute approximate surface area is 98.5 Å². The fourth-order valence-corrected chi connectivity index (χ4v) is 1.00. The van der Waals surface area contributed by atoms with Gasteiger partial charge in [0, 0.05) is 26.6 Å². The van der Waals surface area contributed by atoms with Crippen molar-refractivity contribution in [2.45, 2.75) is 18.9 Å². The summed E-state index contributed by atoms with van der Waals surface area (Å²) >= 11 is 0. The van der Waals surface area contributed by atoms with Gasteiger partial charge in [0.2, 0.25) is 5.91 Å². The van der Waals surface area contributed by atoms with Crippen molar-refractivity contribution in [2.24, 2.45) is 5.73 Å². The van der Waals surface area contributed by atoms with Crippen molar-refractivity contribution >= 4 is 17.9 Å². The Kier molecular flexibility index (Phi) is 7.44. The van der Waals surface area contributed by atoms with Crippen molar-refractivity contribution in [1.82, 2.24) is 10.6 Å². The van der Waals surface area contributed by atoms with Gasteiger partial charge in [-0.1, -0.05) is 0 Å². The van der Waals surface area contributed by atoms with Gasteiger partial charge in [0.15, 0.2) is 0 Å². The zero-order valence-corrected chi connectivity index (χ0v) is 9.56. The lowest BCUT2D eigenvalue weighted by atomic mass is 10.2. The van der Waals surface area contributed by atoms with Crippen LogP contribution >= 0.6 is 0 Å². The number of primary amides is 1. The number of ether oxygens (including phenoxy) is 1. The lowest BCUT2D eigenvalue weighted by Crippen LogP contribution is -2.41. The number of methoxy groups -OCH3 is 1. The molecule has 5 N–H and O–H groups in total. The van der Waals surface area contributed by atoms with E-state index in [1.54, 1.807) is 0 Å². The SMILES string of the molecule is COC(CNC(=O)NCCC(N)=O)CC(=O)O. The van der Waals surface area contributed by atoms with Crippen LogP contribution in [0, 0.1) is 0 Å². The monoisotopic (exact) mass is 247 g/mol. The number of aliphatic carboxylic acids is 1. The Bertz CT molecular complexity index is 282. The van der Waals surface area contributed by atoms with Crippen molar-refractivity contribution in [2.75, 3.05) is 20.2 Å². The molecule has 0 bridgehead atoms. The van der Waals surface area contributed by atoms with Gasteiger partial charge in [0.1, 0.15) is 0 Å². The van der Waals surface area contributed by atoms with Crippen LogP contribution in [0.3, 0.4) is 0 Å². The van der Waals surface area contributed by atoms with Crippen LogP contribution in [0.4, 0.5) is 4.79 Å². The molecule has 0 radical (unpaired) electrons. The van der Waals surface area contributed by atoms with Crippen LogP contribution in [0.5, 0.6) is 0 Å². The number of carbonyl (C=O) groups is 3. The number of hydrogen-bond acceptors (Lipinski definition) is 4. The molecule has 0 aliphatic carbocycles. The molecule has 0 fully saturated rings. The number of urea groups is 1. The number of amides is 3. The predicted molar refractivity (Wildman–Crippen MR) is 58.3 cm³/mol. The quantitative estimate of drug-likeness (QED) is 0.421. The normalized spacial score (nSPS) is 11.6. The highest BCUT2D eigenvalue weighted by Crippen LogP contribution is 1.95. The molecule has 0 rings (SSSR count). The molecule has 0 saturated heterocycles. The number of nitrogens with two attached hydrogens (primary N) is 1. The van der Waals surface area contributed by atoms with Crippen molar-refractivity contribution in [3.63, 3.8) is 0 Å². The van der Waals surface area contributed by atoms with Gasteiger partial charge in [0.25, 0.3) is 0 Å². The third-order valence-corrected chi connectivity index (χ3v) is 1.88. The first-order valence-electron chi connectivity index (χ1n) is 5.00. The third kappa shape index (κ3) is 9.12. The second-order valence-electron chi connectivity index (χ2n) is 3.31. The molecule has 0 saturated carbocycles. The van der Waals surface area contributed by atoms with E-state index in [4.69, 9.17) is 15.6 Å². The number of carboxylic acids is 1. The first kappa shape index (κ1) is 15.2. The fourth-order valence-electron chi connectivity index (χ4n) is 1.00. The van der Waals surface area contributed by atoms with Gasteiger partial charge >= 0.3 is 12.0 Å². The molecule has 0 aromatic heterocycles. The van der Waals surface area contributed by atoms with Crippen molar-refractivity contribution in [1.29, 1.82) is 0 Å². The van der Waals surface area contributed by atoms with E-state index in [9.17, 15) is 14.4 Å². The minimum Gasteiger partial charge on any atom is -0.481 e. The van der Waals surface area contributed by atoms with Gasteiger partial charge in [-0.2, -0.15) is 0 Å².